The number of anilines is 1. The van der Waals surface area contributed by atoms with Crippen LogP contribution in [0.5, 0.6) is 0 Å². The molecule has 0 atom stereocenters. The first-order valence-electron chi connectivity index (χ1n) is 13.9. The van der Waals surface area contributed by atoms with E-state index in [1.54, 1.807) is 0 Å². The summed E-state index contributed by atoms with van der Waals surface area (Å²) in [6, 6.07) is 13.3. The standard InChI is InChI=1S/C33H49N2OSi/c1-13-36-37(14-2)35(33-30(24(7)8)19-16-20-31(33)25(9)10)27(12)21-26(11)34-32-28(22(3)4)17-15-18-29(32)23(5)6/h14-25H,2,13H2,1,3-12H3/q+1/b27-21+,34-26?. The highest BCUT2D eigenvalue weighted by molar-refractivity contribution is 6.55. The molecule has 0 saturated carbocycles. The predicted molar refractivity (Wildman–Crippen MR) is 165 cm³/mol. The fourth-order valence-corrected chi connectivity index (χ4v) is 6.43. The number of hydrogen-bond acceptors (Lipinski definition) is 1. The van der Waals surface area contributed by atoms with Crippen LogP contribution in [-0.4, -0.2) is 21.2 Å². The molecular formula is C33H49N2OSi+. The van der Waals surface area contributed by atoms with E-state index in [1.807, 2.05) is 5.70 Å². The van der Waals surface area contributed by atoms with Gasteiger partial charge in [0.25, 0.3) is 0 Å². The fraction of sp³-hybridized carbons (Fsp3) is 0.485. The lowest BCUT2D eigenvalue weighted by atomic mass is 9.92. The smallest absolute Gasteiger partial charge is 0.361 e. The molecule has 2 aromatic rings. The van der Waals surface area contributed by atoms with Crippen molar-refractivity contribution in [2.75, 3.05) is 11.2 Å². The maximum atomic E-state index is 6.33. The number of para-hydroxylation sites is 2. The van der Waals surface area contributed by atoms with E-state index in [0.29, 0.717) is 30.3 Å². The molecule has 0 aromatic heterocycles. The van der Waals surface area contributed by atoms with Gasteiger partial charge in [-0.15, -0.1) is 0 Å². The maximum absolute atomic E-state index is 6.33. The van der Waals surface area contributed by atoms with Gasteiger partial charge in [-0.25, -0.2) is 0 Å². The molecule has 0 unspecified atom stereocenters. The van der Waals surface area contributed by atoms with Crippen LogP contribution in [0.2, 0.25) is 0 Å². The lowest BCUT2D eigenvalue weighted by Crippen LogP contribution is -2.34. The van der Waals surface area contributed by atoms with Crippen LogP contribution >= 0.6 is 0 Å². The minimum absolute atomic E-state index is 0.389. The third-order valence-corrected chi connectivity index (χ3v) is 8.61. The molecule has 0 radical (unpaired) electrons. The molecule has 0 bridgehead atoms. The molecule has 2 aromatic carbocycles. The van der Waals surface area contributed by atoms with E-state index in [9.17, 15) is 0 Å². The van der Waals surface area contributed by atoms with Crippen molar-refractivity contribution >= 4 is 25.9 Å². The summed E-state index contributed by atoms with van der Waals surface area (Å²) in [4.78, 5) is 5.22. The van der Waals surface area contributed by atoms with Crippen LogP contribution in [0.3, 0.4) is 0 Å². The SMILES string of the molecule is C=C[Si](=[O+]CC)N(/C(C)=C/C(C)=Nc1c(C(C)C)cccc1C(C)C)c1c(C(C)C)cccc1C(C)C. The molecule has 0 saturated heterocycles. The second-order valence-corrected chi connectivity index (χ2v) is 12.9. The Bertz CT molecular complexity index is 1120. The molecule has 3 nitrogen and oxygen atoms in total. The first-order chi connectivity index (χ1) is 17.4. The van der Waals surface area contributed by atoms with Gasteiger partial charge in [-0.05, 0) is 65.8 Å². The Hall–Kier alpha value is -2.59. The Labute approximate surface area is 228 Å². The average molecular weight is 518 g/mol. The van der Waals surface area contributed by atoms with Crippen LogP contribution in [0.25, 0.3) is 0 Å². The van der Waals surface area contributed by atoms with Crippen molar-refractivity contribution < 1.29 is 4.09 Å². The minimum Gasteiger partial charge on any atom is -0.361 e. The summed E-state index contributed by atoms with van der Waals surface area (Å²) >= 11 is 0. The monoisotopic (exact) mass is 517 g/mol. The Balaban J connectivity index is 2.82. The number of aliphatic imine (C=N–C) groups is 1. The van der Waals surface area contributed by atoms with Gasteiger partial charge >= 0.3 is 8.84 Å². The van der Waals surface area contributed by atoms with Crippen LogP contribution in [0, 0.1) is 0 Å². The van der Waals surface area contributed by atoms with Crippen LogP contribution in [0.4, 0.5) is 11.4 Å². The Morgan fingerprint density at radius 1 is 0.838 bits per heavy atom. The zero-order valence-corrected chi connectivity index (χ0v) is 26.1. The van der Waals surface area contributed by atoms with E-state index in [4.69, 9.17) is 9.08 Å². The molecule has 37 heavy (non-hydrogen) atoms. The molecule has 0 aliphatic rings. The molecule has 0 fully saturated rings. The number of benzene rings is 2. The molecule has 0 spiro atoms. The normalized spacial score (nSPS) is 13.3. The lowest BCUT2D eigenvalue weighted by Gasteiger charge is -2.28. The summed E-state index contributed by atoms with van der Waals surface area (Å²) in [5.74, 6) is 1.60. The molecule has 0 N–H and O–H groups in total. The summed E-state index contributed by atoms with van der Waals surface area (Å²) in [5, 5.41) is 0. The van der Waals surface area contributed by atoms with Crippen molar-refractivity contribution in [2.24, 2.45) is 4.99 Å². The van der Waals surface area contributed by atoms with Crippen LogP contribution < -0.4 is 4.57 Å². The Morgan fingerprint density at radius 2 is 1.27 bits per heavy atom. The Morgan fingerprint density at radius 3 is 1.65 bits per heavy atom. The van der Waals surface area contributed by atoms with E-state index in [0.717, 1.165) is 17.1 Å². The third kappa shape index (κ3) is 7.47. The van der Waals surface area contributed by atoms with Crippen molar-refractivity contribution in [3.8, 4) is 0 Å². The second kappa shape index (κ2) is 13.8. The van der Waals surface area contributed by atoms with Crippen LogP contribution in [0.1, 0.15) is 122 Å². The zero-order chi connectivity index (χ0) is 27.9. The molecule has 0 aliphatic carbocycles. The molecule has 0 heterocycles. The van der Waals surface area contributed by atoms with Crippen molar-refractivity contribution in [3.05, 3.63) is 82.7 Å². The van der Waals surface area contributed by atoms with Gasteiger partial charge in [0.15, 0.2) is 0 Å². The first-order valence-corrected chi connectivity index (χ1v) is 15.3. The minimum atomic E-state index is -1.52. The number of rotatable bonds is 11. The summed E-state index contributed by atoms with van der Waals surface area (Å²) in [7, 11) is -1.52. The van der Waals surface area contributed by atoms with E-state index in [-0.39, 0.29) is 0 Å². The van der Waals surface area contributed by atoms with E-state index in [2.05, 4.69) is 130 Å². The molecule has 200 valence electrons. The third-order valence-electron chi connectivity index (χ3n) is 6.65. The van der Waals surface area contributed by atoms with Gasteiger partial charge < -0.3 is 4.09 Å². The predicted octanol–water partition coefficient (Wildman–Crippen LogP) is 9.88. The van der Waals surface area contributed by atoms with Crippen molar-refractivity contribution in [1.82, 2.24) is 0 Å². The van der Waals surface area contributed by atoms with Crippen LogP contribution in [-0.2, 0) is 4.09 Å². The first kappa shape index (κ1) is 30.6. The fourth-order valence-electron chi connectivity index (χ4n) is 4.81. The highest BCUT2D eigenvalue weighted by Gasteiger charge is 2.32. The lowest BCUT2D eigenvalue weighted by molar-refractivity contribution is 0.129. The highest BCUT2D eigenvalue weighted by atomic mass is 28.3. The Kier molecular flexibility index (Phi) is 11.4. The maximum Gasteiger partial charge on any atom is 0.699 e. The van der Waals surface area contributed by atoms with Crippen molar-refractivity contribution in [2.45, 2.75) is 99.8 Å². The van der Waals surface area contributed by atoms with Gasteiger partial charge in [0, 0.05) is 24.0 Å². The summed E-state index contributed by atoms with van der Waals surface area (Å²) in [6.45, 7) is 29.2. The largest absolute Gasteiger partial charge is 0.699 e. The molecule has 0 aliphatic heterocycles. The van der Waals surface area contributed by atoms with E-state index < -0.39 is 8.84 Å². The average Bonchev–Trinajstić information content (AvgIpc) is 2.83. The molecule has 0 amide bonds. The van der Waals surface area contributed by atoms with Crippen molar-refractivity contribution in [1.29, 1.82) is 0 Å². The highest BCUT2D eigenvalue weighted by Crippen LogP contribution is 2.38. The van der Waals surface area contributed by atoms with Gasteiger partial charge in [0.05, 0.1) is 11.4 Å². The zero-order valence-electron chi connectivity index (χ0n) is 25.1. The molecule has 4 heteroatoms. The van der Waals surface area contributed by atoms with Gasteiger partial charge in [0.1, 0.15) is 0 Å². The van der Waals surface area contributed by atoms with Gasteiger partial charge in [0.2, 0.25) is 6.61 Å². The summed E-state index contributed by atoms with van der Waals surface area (Å²) < 4.78 is 8.75. The number of nitrogens with zero attached hydrogens (tertiary/aromatic N) is 2. The summed E-state index contributed by atoms with van der Waals surface area (Å²) in [6.07, 6.45) is 2.22. The van der Waals surface area contributed by atoms with Crippen molar-refractivity contribution in [3.63, 3.8) is 0 Å². The quantitative estimate of drug-likeness (QED) is 0.165. The number of allylic oxidation sites excluding steroid dienone is 2. The van der Waals surface area contributed by atoms with E-state index >= 15 is 0 Å². The molecule has 2 rings (SSSR count). The molecular weight excluding hydrogens is 468 g/mol. The van der Waals surface area contributed by atoms with E-state index in [1.165, 1.54) is 27.9 Å². The summed E-state index contributed by atoms with van der Waals surface area (Å²) in [5.41, 5.74) is 11.8. The van der Waals surface area contributed by atoms with Crippen LogP contribution in [0.15, 0.2) is 65.4 Å². The second-order valence-electron chi connectivity index (χ2n) is 11.0. The van der Waals surface area contributed by atoms with Gasteiger partial charge in [-0.3, -0.25) is 9.56 Å². The number of hydrogen-bond donors (Lipinski definition) is 0. The van der Waals surface area contributed by atoms with Gasteiger partial charge in [-0.2, -0.15) is 0 Å². The topological polar surface area (TPSA) is 26.9 Å². The van der Waals surface area contributed by atoms with Gasteiger partial charge in [-0.1, -0.05) is 98.4 Å².